The molecule has 0 saturated heterocycles. The molecule has 13 heavy (non-hydrogen) atoms. The Kier molecular flexibility index (Phi) is 5.98. The molecule has 1 unspecified atom stereocenters. The first kappa shape index (κ1) is 12.6. The van der Waals surface area contributed by atoms with Crippen LogP contribution in [0.4, 0.5) is 8.78 Å². The van der Waals surface area contributed by atoms with E-state index in [9.17, 15) is 13.6 Å². The summed E-state index contributed by atoms with van der Waals surface area (Å²) < 4.78 is 23.9. The SMILES string of the molecule is CC(S)C(=O)N(CCO)CC(F)F. The predicted molar refractivity (Wildman–Crippen MR) is 48.1 cm³/mol. The first-order valence-electron chi connectivity index (χ1n) is 3.85. The van der Waals surface area contributed by atoms with E-state index in [1.807, 2.05) is 0 Å². The van der Waals surface area contributed by atoms with Crippen molar-refractivity contribution in [2.24, 2.45) is 0 Å². The molecule has 0 aliphatic carbocycles. The van der Waals surface area contributed by atoms with Gasteiger partial charge in [-0.3, -0.25) is 4.79 Å². The van der Waals surface area contributed by atoms with E-state index in [1.54, 1.807) is 0 Å². The lowest BCUT2D eigenvalue weighted by molar-refractivity contribution is -0.132. The molecule has 0 spiro atoms. The van der Waals surface area contributed by atoms with Crippen molar-refractivity contribution < 1.29 is 18.7 Å². The van der Waals surface area contributed by atoms with E-state index in [-0.39, 0.29) is 13.2 Å². The highest BCUT2D eigenvalue weighted by molar-refractivity contribution is 7.81. The van der Waals surface area contributed by atoms with Gasteiger partial charge in [-0.15, -0.1) is 0 Å². The van der Waals surface area contributed by atoms with Gasteiger partial charge in [0.05, 0.1) is 18.4 Å². The average molecular weight is 213 g/mol. The van der Waals surface area contributed by atoms with Crippen LogP contribution >= 0.6 is 12.6 Å². The Hall–Kier alpha value is -0.360. The number of amides is 1. The first-order valence-corrected chi connectivity index (χ1v) is 4.36. The minimum absolute atomic E-state index is 0.0753. The molecular weight excluding hydrogens is 200 g/mol. The molecule has 0 aliphatic heterocycles. The van der Waals surface area contributed by atoms with Crippen molar-refractivity contribution in [3.05, 3.63) is 0 Å². The number of hydrogen-bond donors (Lipinski definition) is 2. The van der Waals surface area contributed by atoms with Crippen molar-refractivity contribution >= 4 is 18.5 Å². The van der Waals surface area contributed by atoms with Crippen LogP contribution in [0.1, 0.15) is 6.92 Å². The van der Waals surface area contributed by atoms with Crippen LogP contribution in [0.5, 0.6) is 0 Å². The lowest BCUT2D eigenvalue weighted by Crippen LogP contribution is -2.40. The molecule has 0 heterocycles. The zero-order chi connectivity index (χ0) is 10.4. The van der Waals surface area contributed by atoms with Gasteiger partial charge in [-0.2, -0.15) is 12.6 Å². The van der Waals surface area contributed by atoms with Crippen LogP contribution in [0.3, 0.4) is 0 Å². The highest BCUT2D eigenvalue weighted by Crippen LogP contribution is 2.04. The van der Waals surface area contributed by atoms with Gasteiger partial charge in [0.1, 0.15) is 0 Å². The molecule has 1 N–H and O–H groups in total. The summed E-state index contributed by atoms with van der Waals surface area (Å²) in [7, 11) is 0. The third-order valence-corrected chi connectivity index (χ3v) is 1.62. The summed E-state index contributed by atoms with van der Waals surface area (Å²) in [5, 5.41) is 7.90. The van der Waals surface area contributed by atoms with E-state index in [1.165, 1.54) is 6.92 Å². The number of hydrogen-bond acceptors (Lipinski definition) is 3. The molecule has 0 aromatic heterocycles. The maximum absolute atomic E-state index is 11.9. The minimum atomic E-state index is -2.58. The largest absolute Gasteiger partial charge is 0.395 e. The Morgan fingerprint density at radius 3 is 2.46 bits per heavy atom. The summed E-state index contributed by atoms with van der Waals surface area (Å²) in [6, 6.07) is 0. The van der Waals surface area contributed by atoms with Crippen LogP contribution in [0.15, 0.2) is 0 Å². The van der Waals surface area contributed by atoms with E-state index in [0.29, 0.717) is 0 Å². The van der Waals surface area contributed by atoms with Gasteiger partial charge >= 0.3 is 0 Å². The fraction of sp³-hybridized carbons (Fsp3) is 0.857. The molecule has 78 valence electrons. The van der Waals surface area contributed by atoms with Gasteiger partial charge in [0.25, 0.3) is 6.43 Å². The van der Waals surface area contributed by atoms with Crippen LogP contribution in [0, 0.1) is 0 Å². The number of nitrogens with zero attached hydrogens (tertiary/aromatic N) is 1. The summed E-state index contributed by atoms with van der Waals surface area (Å²) in [6.07, 6.45) is -2.58. The zero-order valence-corrected chi connectivity index (χ0v) is 8.18. The Bertz CT molecular complexity index is 167. The van der Waals surface area contributed by atoms with Crippen molar-refractivity contribution in [2.45, 2.75) is 18.6 Å². The Balaban J connectivity index is 4.15. The van der Waals surface area contributed by atoms with Gasteiger partial charge in [0.15, 0.2) is 0 Å². The van der Waals surface area contributed by atoms with Crippen LogP contribution in [-0.4, -0.2) is 47.3 Å². The van der Waals surface area contributed by atoms with Crippen molar-refractivity contribution in [1.29, 1.82) is 0 Å². The summed E-state index contributed by atoms with van der Waals surface area (Å²) in [5.41, 5.74) is 0. The monoisotopic (exact) mass is 213 g/mol. The zero-order valence-electron chi connectivity index (χ0n) is 7.28. The van der Waals surface area contributed by atoms with Gasteiger partial charge in [-0.1, -0.05) is 0 Å². The Morgan fingerprint density at radius 2 is 2.15 bits per heavy atom. The van der Waals surface area contributed by atoms with Crippen molar-refractivity contribution in [1.82, 2.24) is 4.90 Å². The standard InChI is InChI=1S/C7H13F2NO2S/c1-5(13)7(12)10(2-3-11)4-6(8)9/h5-6,11,13H,2-4H2,1H3. The third-order valence-electron chi connectivity index (χ3n) is 1.40. The predicted octanol–water partition coefficient (Wildman–Crippen LogP) is 0.391. The average Bonchev–Trinajstić information content (AvgIpc) is 2.01. The number of halogens is 2. The Morgan fingerprint density at radius 1 is 1.62 bits per heavy atom. The van der Waals surface area contributed by atoms with E-state index in [4.69, 9.17) is 5.11 Å². The smallest absolute Gasteiger partial charge is 0.255 e. The fourth-order valence-corrected chi connectivity index (χ4v) is 1.01. The third kappa shape index (κ3) is 5.05. The van der Waals surface area contributed by atoms with Gasteiger partial charge in [-0.05, 0) is 6.92 Å². The molecule has 3 nitrogen and oxygen atoms in total. The molecule has 0 bridgehead atoms. The fourth-order valence-electron chi connectivity index (χ4n) is 0.843. The van der Waals surface area contributed by atoms with Gasteiger partial charge in [0.2, 0.25) is 5.91 Å². The number of aliphatic hydroxyl groups excluding tert-OH is 1. The van der Waals surface area contributed by atoms with E-state index >= 15 is 0 Å². The summed E-state index contributed by atoms with van der Waals surface area (Å²) in [5.74, 6) is -0.488. The quantitative estimate of drug-likeness (QED) is 0.649. The molecule has 0 aromatic carbocycles. The summed E-state index contributed by atoms with van der Waals surface area (Å²) >= 11 is 3.83. The van der Waals surface area contributed by atoms with Crippen molar-refractivity contribution in [3.63, 3.8) is 0 Å². The molecule has 0 fully saturated rings. The molecule has 0 saturated carbocycles. The molecule has 0 aromatic rings. The highest BCUT2D eigenvalue weighted by Gasteiger charge is 2.20. The Labute approximate surface area is 81.1 Å². The normalized spacial score (nSPS) is 13.1. The molecule has 0 aliphatic rings. The molecule has 6 heteroatoms. The summed E-state index contributed by atoms with van der Waals surface area (Å²) in [6.45, 7) is 0.457. The van der Waals surface area contributed by atoms with Gasteiger partial charge in [0, 0.05) is 6.54 Å². The van der Waals surface area contributed by atoms with E-state index < -0.39 is 24.1 Å². The van der Waals surface area contributed by atoms with Crippen LogP contribution in [0.2, 0.25) is 0 Å². The maximum Gasteiger partial charge on any atom is 0.255 e. The number of aliphatic hydroxyl groups is 1. The molecular formula is C7H13F2NO2S. The molecule has 0 radical (unpaired) electrons. The van der Waals surface area contributed by atoms with E-state index in [0.717, 1.165) is 4.90 Å². The van der Waals surface area contributed by atoms with Crippen LogP contribution < -0.4 is 0 Å². The van der Waals surface area contributed by atoms with Crippen LogP contribution in [-0.2, 0) is 4.79 Å². The topological polar surface area (TPSA) is 40.5 Å². The summed E-state index contributed by atoms with van der Waals surface area (Å²) in [4.78, 5) is 12.1. The lowest BCUT2D eigenvalue weighted by Gasteiger charge is -2.22. The van der Waals surface area contributed by atoms with Gasteiger partial charge < -0.3 is 10.0 Å². The number of alkyl halides is 2. The second-order valence-electron chi connectivity index (χ2n) is 2.57. The molecule has 1 amide bonds. The van der Waals surface area contributed by atoms with E-state index in [2.05, 4.69) is 12.6 Å². The molecule has 1 atom stereocenters. The lowest BCUT2D eigenvalue weighted by atomic mass is 10.3. The number of carbonyl (C=O) groups excluding carboxylic acids is 1. The second-order valence-corrected chi connectivity index (χ2v) is 3.35. The highest BCUT2D eigenvalue weighted by atomic mass is 32.1. The van der Waals surface area contributed by atoms with Crippen molar-refractivity contribution in [3.8, 4) is 0 Å². The first-order chi connectivity index (χ1) is 5.99. The number of thiol groups is 1. The number of rotatable bonds is 5. The van der Waals surface area contributed by atoms with Gasteiger partial charge in [-0.25, -0.2) is 8.78 Å². The minimum Gasteiger partial charge on any atom is -0.395 e. The maximum atomic E-state index is 11.9. The molecule has 0 rings (SSSR count). The second kappa shape index (κ2) is 6.15. The number of carbonyl (C=O) groups is 1. The van der Waals surface area contributed by atoms with Crippen molar-refractivity contribution in [2.75, 3.05) is 19.7 Å². The van der Waals surface area contributed by atoms with Crippen LogP contribution in [0.25, 0.3) is 0 Å².